The van der Waals surface area contributed by atoms with Crippen LogP contribution in [0.25, 0.3) is 0 Å². The molecule has 3 aromatic carbocycles. The largest absolute Gasteiger partial charge is 0.461 e. The molecule has 1 amide bonds. The minimum Gasteiger partial charge on any atom is -0.461 e. The number of unbranched alkanes of at least 4 members (excludes halogenated alkanes) is 1. The second kappa shape index (κ2) is 17.6. The fourth-order valence-electron chi connectivity index (χ4n) is 4.85. The molecule has 43 heavy (non-hydrogen) atoms. The molecule has 0 spiro atoms. The number of benzene rings is 3. The third-order valence-electron chi connectivity index (χ3n) is 7.26. The number of hydrogen-bond acceptors (Lipinski definition) is 7. The summed E-state index contributed by atoms with van der Waals surface area (Å²) in [6, 6.07) is 23.4. The number of aryl methyl sites for hydroxylation is 2. The van der Waals surface area contributed by atoms with E-state index < -0.39 is 42.2 Å². The minimum atomic E-state index is -0.867. The Labute approximate surface area is 254 Å². The molecule has 0 unspecified atom stereocenters. The molecule has 228 valence electrons. The lowest BCUT2D eigenvalue weighted by Crippen LogP contribution is -2.46. The van der Waals surface area contributed by atoms with E-state index in [1.807, 2.05) is 99.8 Å². The fraction of sp³-hybridized carbons (Fsp3) is 0.371. The Morgan fingerprint density at radius 1 is 0.767 bits per heavy atom. The maximum Gasteiger partial charge on any atom is 0.339 e. The van der Waals surface area contributed by atoms with Crippen molar-refractivity contribution in [2.75, 3.05) is 20.2 Å². The van der Waals surface area contributed by atoms with Crippen molar-refractivity contribution >= 4 is 23.6 Å². The fourth-order valence-corrected chi connectivity index (χ4v) is 4.85. The third-order valence-corrected chi connectivity index (χ3v) is 7.26. The summed E-state index contributed by atoms with van der Waals surface area (Å²) in [7, 11) is 1.85. The Kier molecular flexibility index (Phi) is 13.6. The van der Waals surface area contributed by atoms with Crippen molar-refractivity contribution in [2.24, 2.45) is 5.92 Å². The maximum absolute atomic E-state index is 13.6. The first kappa shape index (κ1) is 33.2. The predicted molar refractivity (Wildman–Crippen MR) is 165 cm³/mol. The van der Waals surface area contributed by atoms with Crippen molar-refractivity contribution < 1.29 is 28.7 Å². The van der Waals surface area contributed by atoms with E-state index in [0.29, 0.717) is 24.8 Å². The first-order valence-corrected chi connectivity index (χ1v) is 14.7. The third kappa shape index (κ3) is 11.1. The summed E-state index contributed by atoms with van der Waals surface area (Å²) in [5.74, 6) is -2.65. The van der Waals surface area contributed by atoms with Gasteiger partial charge in [0.2, 0.25) is 5.91 Å². The minimum absolute atomic E-state index is 0.109. The van der Waals surface area contributed by atoms with Gasteiger partial charge in [-0.1, -0.05) is 78.9 Å². The molecular weight excluding hydrogens is 544 g/mol. The van der Waals surface area contributed by atoms with Gasteiger partial charge in [-0.3, -0.25) is 14.4 Å². The second-order valence-corrected chi connectivity index (χ2v) is 10.7. The monoisotopic (exact) mass is 586 g/mol. The number of rotatable bonds is 17. The molecular formula is C35H42N2O6. The highest BCUT2D eigenvalue weighted by molar-refractivity contribution is 5.96. The van der Waals surface area contributed by atoms with E-state index in [4.69, 9.17) is 9.47 Å². The topological polar surface area (TPSA) is 111 Å². The number of carbonyl (C=O) groups is 4. The van der Waals surface area contributed by atoms with Gasteiger partial charge in [0.1, 0.15) is 6.61 Å². The molecule has 0 saturated carbocycles. The van der Waals surface area contributed by atoms with Crippen molar-refractivity contribution in [3.05, 3.63) is 107 Å². The van der Waals surface area contributed by atoms with Gasteiger partial charge in [0, 0.05) is 0 Å². The van der Waals surface area contributed by atoms with Crippen molar-refractivity contribution in [3.8, 4) is 0 Å². The Hall–Kier alpha value is -4.30. The van der Waals surface area contributed by atoms with E-state index in [1.165, 1.54) is 0 Å². The lowest BCUT2D eigenvalue weighted by molar-refractivity contribution is -0.148. The molecule has 3 rings (SSSR count). The van der Waals surface area contributed by atoms with Gasteiger partial charge in [-0.15, -0.1) is 0 Å². The van der Waals surface area contributed by atoms with Crippen LogP contribution in [0.5, 0.6) is 0 Å². The molecule has 0 aliphatic carbocycles. The van der Waals surface area contributed by atoms with Crippen LogP contribution in [0.1, 0.15) is 58.3 Å². The van der Waals surface area contributed by atoms with Crippen LogP contribution < -0.4 is 10.6 Å². The molecule has 3 aromatic rings. The van der Waals surface area contributed by atoms with Crippen molar-refractivity contribution in [1.29, 1.82) is 0 Å². The molecule has 0 saturated heterocycles. The second-order valence-electron chi connectivity index (χ2n) is 10.7. The summed E-state index contributed by atoms with van der Waals surface area (Å²) >= 11 is 0. The summed E-state index contributed by atoms with van der Waals surface area (Å²) in [5, 5.41) is 5.95. The Morgan fingerprint density at radius 2 is 1.40 bits per heavy atom. The van der Waals surface area contributed by atoms with E-state index in [9.17, 15) is 19.2 Å². The van der Waals surface area contributed by atoms with Crippen LogP contribution in [0, 0.1) is 19.8 Å². The first-order valence-electron chi connectivity index (χ1n) is 14.7. The van der Waals surface area contributed by atoms with Crippen molar-refractivity contribution in [1.82, 2.24) is 10.6 Å². The standard InChI is InChI=1S/C35H42N2O6/c1-25-13-12-14-26(2)33(25)35(41)43-24-31(38)30(19-10-11-20-36-3)37-34(40)29(21-27-15-6-4-7-16-27)22-32(39)42-23-28-17-8-5-9-18-28/h4-9,12-18,29-30,36H,10-11,19-24H2,1-3H3,(H,37,40)/t29-,30+/m0/s1. The average Bonchev–Trinajstić information content (AvgIpc) is 3.01. The molecule has 2 N–H and O–H groups in total. The predicted octanol–water partition coefficient (Wildman–Crippen LogP) is 4.90. The molecule has 0 aliphatic rings. The lowest BCUT2D eigenvalue weighted by Gasteiger charge is -2.22. The van der Waals surface area contributed by atoms with Crippen LogP contribution >= 0.6 is 0 Å². The van der Waals surface area contributed by atoms with Crippen molar-refractivity contribution in [2.45, 2.75) is 58.6 Å². The Bertz CT molecular complexity index is 1320. The number of esters is 2. The van der Waals surface area contributed by atoms with Gasteiger partial charge in [0.15, 0.2) is 12.4 Å². The Morgan fingerprint density at radius 3 is 2.02 bits per heavy atom. The number of carbonyl (C=O) groups excluding carboxylic acids is 4. The summed E-state index contributed by atoms with van der Waals surface area (Å²) < 4.78 is 10.9. The number of amides is 1. The molecule has 0 aliphatic heterocycles. The van der Waals surface area contributed by atoms with Gasteiger partial charge in [0.05, 0.1) is 23.9 Å². The van der Waals surface area contributed by atoms with Crippen LogP contribution in [-0.4, -0.2) is 49.9 Å². The molecule has 2 atom stereocenters. The van der Waals surface area contributed by atoms with Gasteiger partial charge < -0.3 is 20.1 Å². The number of hydrogen-bond donors (Lipinski definition) is 2. The average molecular weight is 587 g/mol. The summed E-state index contributed by atoms with van der Waals surface area (Å²) in [5.41, 5.74) is 3.69. The number of ether oxygens (including phenoxy) is 2. The van der Waals surface area contributed by atoms with E-state index in [0.717, 1.165) is 35.2 Å². The molecule has 0 bridgehead atoms. The Balaban J connectivity index is 1.70. The molecule has 0 fully saturated rings. The van der Waals surface area contributed by atoms with Crippen LogP contribution in [0.3, 0.4) is 0 Å². The SMILES string of the molecule is CNCCCC[C@@H](NC(=O)[C@H](CC(=O)OCc1ccccc1)Cc1ccccc1)C(=O)COC(=O)c1c(C)cccc1C. The van der Waals surface area contributed by atoms with E-state index in [-0.39, 0.29) is 13.0 Å². The van der Waals surface area contributed by atoms with Crippen LogP contribution in [0.4, 0.5) is 0 Å². The van der Waals surface area contributed by atoms with Crippen molar-refractivity contribution in [3.63, 3.8) is 0 Å². The summed E-state index contributed by atoms with van der Waals surface area (Å²) in [6.45, 7) is 4.03. The smallest absolute Gasteiger partial charge is 0.339 e. The normalized spacial score (nSPS) is 12.2. The molecule has 0 aromatic heterocycles. The molecule has 8 heteroatoms. The van der Waals surface area contributed by atoms with E-state index in [2.05, 4.69) is 10.6 Å². The number of Topliss-reactive ketones (excluding diaryl/α,β-unsaturated/α-hetero) is 1. The van der Waals surface area contributed by atoms with Crippen LogP contribution in [-0.2, 0) is 36.9 Å². The number of nitrogens with one attached hydrogen (secondary N) is 2. The zero-order valence-corrected chi connectivity index (χ0v) is 25.3. The zero-order valence-electron chi connectivity index (χ0n) is 25.3. The molecule has 8 nitrogen and oxygen atoms in total. The van der Waals surface area contributed by atoms with Gasteiger partial charge >= 0.3 is 11.9 Å². The van der Waals surface area contributed by atoms with Gasteiger partial charge in [-0.2, -0.15) is 0 Å². The summed E-state index contributed by atoms with van der Waals surface area (Å²) in [6.07, 6.45) is 2.01. The van der Waals surface area contributed by atoms with E-state index in [1.54, 1.807) is 0 Å². The van der Waals surface area contributed by atoms with Crippen LogP contribution in [0.15, 0.2) is 78.9 Å². The van der Waals surface area contributed by atoms with Gasteiger partial charge in [-0.25, -0.2) is 4.79 Å². The highest BCUT2D eigenvalue weighted by Crippen LogP contribution is 2.17. The molecule has 0 heterocycles. The highest BCUT2D eigenvalue weighted by atomic mass is 16.5. The van der Waals surface area contributed by atoms with Crippen LogP contribution in [0.2, 0.25) is 0 Å². The quantitative estimate of drug-likeness (QED) is 0.171. The number of ketones is 1. The maximum atomic E-state index is 13.6. The van der Waals surface area contributed by atoms with Gasteiger partial charge in [-0.05, 0) is 75.4 Å². The lowest BCUT2D eigenvalue weighted by atomic mass is 9.94. The highest BCUT2D eigenvalue weighted by Gasteiger charge is 2.29. The van der Waals surface area contributed by atoms with E-state index >= 15 is 0 Å². The summed E-state index contributed by atoms with van der Waals surface area (Å²) in [4.78, 5) is 52.6. The first-order chi connectivity index (χ1) is 20.8. The molecule has 0 radical (unpaired) electrons. The zero-order chi connectivity index (χ0) is 31.0. The van der Waals surface area contributed by atoms with Gasteiger partial charge in [0.25, 0.3) is 0 Å².